The molecule has 0 aromatic heterocycles. The van der Waals surface area contributed by atoms with Gasteiger partial charge in [0.2, 0.25) is 11.8 Å². The Kier molecular flexibility index (Phi) is 6.02. The molecule has 5 fully saturated rings. The van der Waals surface area contributed by atoms with E-state index in [2.05, 4.69) is 5.32 Å². The van der Waals surface area contributed by atoms with Gasteiger partial charge in [0.05, 0.1) is 0 Å². The van der Waals surface area contributed by atoms with Gasteiger partial charge in [-0.15, -0.1) is 0 Å². The lowest BCUT2D eigenvalue weighted by atomic mass is 9.49. The van der Waals surface area contributed by atoms with E-state index < -0.39 is 5.97 Å². The summed E-state index contributed by atoms with van der Waals surface area (Å²) < 4.78 is 5.05. The Hall–Kier alpha value is -2.12. The zero-order valence-electron chi connectivity index (χ0n) is 17.9. The number of ether oxygens (including phenoxy) is 1. The highest BCUT2D eigenvalue weighted by molar-refractivity contribution is 5.84. The fraction of sp³-hybridized carbons (Fsp3) is 0.818. The van der Waals surface area contributed by atoms with Gasteiger partial charge in [-0.05, 0) is 61.7 Å². The van der Waals surface area contributed by atoms with Crippen LogP contribution in [0.5, 0.6) is 0 Å². The Labute approximate surface area is 177 Å². The molecular weight excluding hydrogens is 386 g/mol. The average Bonchev–Trinajstić information content (AvgIpc) is 2.69. The van der Waals surface area contributed by atoms with Gasteiger partial charge in [-0.3, -0.25) is 19.2 Å². The number of hydrogen-bond acceptors (Lipinski definition) is 5. The highest BCUT2D eigenvalue weighted by atomic mass is 16.5. The van der Waals surface area contributed by atoms with Crippen LogP contribution in [-0.4, -0.2) is 72.8 Å². The molecule has 1 saturated heterocycles. The summed E-state index contributed by atoms with van der Waals surface area (Å²) in [5.41, 5.74) is 0.140. The smallest absolute Gasteiger partial charge is 0.325 e. The van der Waals surface area contributed by atoms with E-state index in [9.17, 15) is 19.2 Å². The molecular formula is C22H33N3O5. The number of carbonyl (C=O) groups is 4. The van der Waals surface area contributed by atoms with Crippen LogP contribution < -0.4 is 5.32 Å². The summed E-state index contributed by atoms with van der Waals surface area (Å²) in [5, 5.41) is 2.70. The molecule has 1 heterocycles. The van der Waals surface area contributed by atoms with Gasteiger partial charge >= 0.3 is 5.97 Å². The van der Waals surface area contributed by atoms with E-state index in [1.165, 1.54) is 26.2 Å². The molecule has 0 aromatic rings. The third kappa shape index (κ3) is 4.78. The van der Waals surface area contributed by atoms with E-state index in [0.717, 1.165) is 37.0 Å². The highest BCUT2D eigenvalue weighted by Crippen LogP contribution is 2.61. The SMILES string of the molecule is CC(=O)N1CCN(C(=O)COC(=O)CNC(=O)CC23CC4CC(CC(C4)C2)C3)CC1. The van der Waals surface area contributed by atoms with E-state index in [-0.39, 0.29) is 36.3 Å². The summed E-state index contributed by atoms with van der Waals surface area (Å²) in [6.45, 7) is 2.86. The zero-order valence-corrected chi connectivity index (χ0v) is 17.9. The van der Waals surface area contributed by atoms with Crippen molar-refractivity contribution in [3.63, 3.8) is 0 Å². The molecule has 1 N–H and O–H groups in total. The van der Waals surface area contributed by atoms with Crippen molar-refractivity contribution >= 4 is 23.7 Å². The summed E-state index contributed by atoms with van der Waals surface area (Å²) in [6.07, 6.45) is 7.98. The van der Waals surface area contributed by atoms with Gasteiger partial charge in [0.25, 0.3) is 5.91 Å². The second-order valence-corrected chi connectivity index (χ2v) is 9.92. The van der Waals surface area contributed by atoms with E-state index in [1.807, 2.05) is 0 Å². The molecule has 0 radical (unpaired) electrons. The monoisotopic (exact) mass is 419 g/mol. The molecule has 5 aliphatic rings. The standard InChI is InChI=1S/C22H33N3O5/c1-15(26)24-2-4-25(5-3-24)20(28)14-30-21(29)13-23-19(27)12-22-9-16-6-17(10-22)8-18(7-16)11-22/h16-18H,2-14H2,1H3,(H,23,27). The molecule has 5 rings (SSSR count). The number of nitrogens with zero attached hydrogens (tertiary/aromatic N) is 2. The summed E-state index contributed by atoms with van der Waals surface area (Å²) in [7, 11) is 0. The number of piperazine rings is 1. The van der Waals surface area contributed by atoms with Gasteiger partial charge in [0.15, 0.2) is 6.61 Å². The maximum Gasteiger partial charge on any atom is 0.325 e. The Morgan fingerprint density at radius 3 is 1.97 bits per heavy atom. The fourth-order valence-corrected chi connectivity index (χ4v) is 6.64. The largest absolute Gasteiger partial charge is 0.454 e. The van der Waals surface area contributed by atoms with Crippen molar-refractivity contribution < 1.29 is 23.9 Å². The van der Waals surface area contributed by atoms with Gasteiger partial charge in [-0.2, -0.15) is 0 Å². The molecule has 4 aliphatic carbocycles. The topological polar surface area (TPSA) is 96.0 Å². The van der Waals surface area contributed by atoms with Crippen molar-refractivity contribution in [1.82, 2.24) is 15.1 Å². The molecule has 0 spiro atoms. The Bertz CT molecular complexity index is 678. The third-order valence-corrected chi connectivity index (χ3v) is 7.56. The van der Waals surface area contributed by atoms with Gasteiger partial charge in [0, 0.05) is 39.5 Å². The predicted octanol–water partition coefficient (Wildman–Crippen LogP) is 0.943. The van der Waals surface area contributed by atoms with Crippen molar-refractivity contribution in [2.75, 3.05) is 39.3 Å². The minimum Gasteiger partial charge on any atom is -0.454 e. The van der Waals surface area contributed by atoms with Crippen LogP contribution in [-0.2, 0) is 23.9 Å². The Balaban J connectivity index is 1.14. The van der Waals surface area contributed by atoms with Crippen molar-refractivity contribution in [3.8, 4) is 0 Å². The van der Waals surface area contributed by atoms with Gasteiger partial charge in [0.1, 0.15) is 6.54 Å². The van der Waals surface area contributed by atoms with E-state index >= 15 is 0 Å². The molecule has 0 unspecified atom stereocenters. The third-order valence-electron chi connectivity index (χ3n) is 7.56. The Morgan fingerprint density at radius 1 is 0.900 bits per heavy atom. The first-order valence-electron chi connectivity index (χ1n) is 11.3. The molecule has 8 heteroatoms. The first kappa shape index (κ1) is 21.1. The normalized spacial score (nSPS) is 32.1. The number of carbonyl (C=O) groups excluding carboxylic acids is 4. The molecule has 3 amide bonds. The molecule has 1 aliphatic heterocycles. The second kappa shape index (κ2) is 8.55. The molecule has 4 bridgehead atoms. The van der Waals surface area contributed by atoms with Crippen LogP contribution in [0.15, 0.2) is 0 Å². The summed E-state index contributed by atoms with van der Waals surface area (Å²) >= 11 is 0. The molecule has 30 heavy (non-hydrogen) atoms. The van der Waals surface area contributed by atoms with Gasteiger partial charge in [-0.1, -0.05) is 0 Å². The van der Waals surface area contributed by atoms with Crippen LogP contribution in [0.3, 0.4) is 0 Å². The first-order chi connectivity index (χ1) is 14.3. The van der Waals surface area contributed by atoms with Crippen LogP contribution >= 0.6 is 0 Å². The number of hydrogen-bond donors (Lipinski definition) is 1. The first-order valence-corrected chi connectivity index (χ1v) is 11.3. The van der Waals surface area contributed by atoms with Gasteiger partial charge in [-0.25, -0.2) is 0 Å². The maximum atomic E-state index is 12.5. The molecule has 166 valence electrons. The lowest BCUT2D eigenvalue weighted by Crippen LogP contribution is -2.51. The van der Waals surface area contributed by atoms with Crippen molar-refractivity contribution in [2.24, 2.45) is 23.2 Å². The minimum absolute atomic E-state index is 0.00203. The minimum atomic E-state index is -0.593. The van der Waals surface area contributed by atoms with Gasteiger partial charge < -0.3 is 19.9 Å². The van der Waals surface area contributed by atoms with E-state index in [0.29, 0.717) is 32.6 Å². The van der Waals surface area contributed by atoms with Crippen molar-refractivity contribution in [3.05, 3.63) is 0 Å². The summed E-state index contributed by atoms with van der Waals surface area (Å²) in [6, 6.07) is 0. The van der Waals surface area contributed by atoms with E-state index in [4.69, 9.17) is 4.74 Å². The molecule has 4 saturated carbocycles. The van der Waals surface area contributed by atoms with Crippen molar-refractivity contribution in [2.45, 2.75) is 51.9 Å². The highest BCUT2D eigenvalue weighted by Gasteiger charge is 2.51. The fourth-order valence-electron chi connectivity index (χ4n) is 6.64. The van der Waals surface area contributed by atoms with E-state index in [1.54, 1.807) is 9.80 Å². The van der Waals surface area contributed by atoms with Crippen LogP contribution in [0.4, 0.5) is 0 Å². The summed E-state index contributed by atoms with van der Waals surface area (Å²) in [5.74, 6) is 1.42. The average molecular weight is 420 g/mol. The maximum absolute atomic E-state index is 12.5. The zero-order chi connectivity index (χ0) is 21.3. The molecule has 0 aromatic carbocycles. The molecule has 8 nitrogen and oxygen atoms in total. The number of nitrogens with one attached hydrogen (secondary N) is 1. The van der Waals surface area contributed by atoms with Crippen LogP contribution in [0.2, 0.25) is 0 Å². The van der Waals surface area contributed by atoms with Crippen LogP contribution in [0.1, 0.15) is 51.9 Å². The predicted molar refractivity (Wildman–Crippen MR) is 108 cm³/mol. The Morgan fingerprint density at radius 2 is 1.43 bits per heavy atom. The number of esters is 1. The number of amides is 3. The van der Waals surface area contributed by atoms with Crippen molar-refractivity contribution in [1.29, 1.82) is 0 Å². The van der Waals surface area contributed by atoms with Crippen LogP contribution in [0.25, 0.3) is 0 Å². The van der Waals surface area contributed by atoms with Crippen LogP contribution in [0, 0.1) is 23.2 Å². The summed E-state index contributed by atoms with van der Waals surface area (Å²) in [4.78, 5) is 51.3. The quantitative estimate of drug-likeness (QED) is 0.647. The number of rotatable bonds is 6. The molecule has 0 atom stereocenters. The lowest BCUT2D eigenvalue weighted by Gasteiger charge is -2.56. The lowest BCUT2D eigenvalue weighted by molar-refractivity contribution is -0.153. The second-order valence-electron chi connectivity index (χ2n) is 9.92.